The minimum atomic E-state index is -0.525. The molecule has 0 saturated carbocycles. The SMILES string of the molecule is COc1cc(/C=C/c2onc(C)c2[N+](=O)[O-])ccc1OCC(=O)N1CCC(C)CC1. The van der Waals surface area contributed by atoms with Gasteiger partial charge in [-0.15, -0.1) is 0 Å². The van der Waals surface area contributed by atoms with Crippen molar-refractivity contribution < 1.29 is 23.7 Å². The first kappa shape index (κ1) is 21.4. The van der Waals surface area contributed by atoms with Gasteiger partial charge in [0.2, 0.25) is 5.76 Å². The van der Waals surface area contributed by atoms with Crippen LogP contribution >= 0.6 is 0 Å². The molecule has 1 aromatic carbocycles. The zero-order valence-corrected chi connectivity index (χ0v) is 17.3. The molecule has 0 N–H and O–H groups in total. The third-order valence-electron chi connectivity index (χ3n) is 5.14. The number of likely N-dealkylation sites (tertiary alicyclic amines) is 1. The highest BCUT2D eigenvalue weighted by atomic mass is 16.6. The van der Waals surface area contributed by atoms with Gasteiger partial charge in [-0.3, -0.25) is 14.9 Å². The molecule has 2 heterocycles. The number of carbonyl (C=O) groups is 1. The van der Waals surface area contributed by atoms with Gasteiger partial charge < -0.3 is 18.9 Å². The zero-order valence-electron chi connectivity index (χ0n) is 17.3. The average Bonchev–Trinajstić information content (AvgIpc) is 3.11. The molecule has 1 fully saturated rings. The van der Waals surface area contributed by atoms with Crippen molar-refractivity contribution in [3.05, 3.63) is 45.3 Å². The second kappa shape index (κ2) is 9.43. The topological polar surface area (TPSA) is 108 Å². The number of methoxy groups -OCH3 is 1. The normalized spacial score (nSPS) is 14.8. The molecule has 0 aliphatic carbocycles. The highest BCUT2D eigenvalue weighted by Gasteiger charge is 2.22. The molecule has 1 aliphatic heterocycles. The Hall–Kier alpha value is -3.36. The van der Waals surface area contributed by atoms with Crippen molar-refractivity contribution in [2.75, 3.05) is 26.8 Å². The lowest BCUT2D eigenvalue weighted by atomic mass is 9.99. The molecule has 0 spiro atoms. The molecule has 160 valence electrons. The molecular formula is C21H25N3O6. The minimum absolute atomic E-state index is 0.0408. The molecular weight excluding hydrogens is 390 g/mol. The second-order valence-electron chi connectivity index (χ2n) is 7.33. The number of hydrogen-bond donors (Lipinski definition) is 0. The van der Waals surface area contributed by atoms with Crippen LogP contribution in [0.15, 0.2) is 22.7 Å². The van der Waals surface area contributed by atoms with Crippen LogP contribution in [0.25, 0.3) is 12.2 Å². The Kier molecular flexibility index (Phi) is 6.71. The molecule has 1 amide bonds. The molecule has 0 atom stereocenters. The summed E-state index contributed by atoms with van der Waals surface area (Å²) in [4.78, 5) is 24.8. The standard InChI is InChI=1S/C21H25N3O6/c1-14-8-10-23(11-9-14)20(25)13-29-17-6-4-16(12-19(17)28-3)5-7-18-21(24(26)27)15(2)22-30-18/h4-7,12,14H,8-11,13H2,1-3H3/b7-5+. The van der Waals surface area contributed by atoms with E-state index in [0.717, 1.165) is 31.5 Å². The zero-order chi connectivity index (χ0) is 21.7. The van der Waals surface area contributed by atoms with E-state index in [1.54, 1.807) is 24.3 Å². The number of aromatic nitrogens is 1. The summed E-state index contributed by atoms with van der Waals surface area (Å²) in [6, 6.07) is 5.18. The van der Waals surface area contributed by atoms with Crippen LogP contribution in [0.4, 0.5) is 5.69 Å². The van der Waals surface area contributed by atoms with Gasteiger partial charge in [0, 0.05) is 13.1 Å². The van der Waals surface area contributed by atoms with E-state index in [1.165, 1.54) is 20.1 Å². The van der Waals surface area contributed by atoms with Crippen LogP contribution in [0, 0.1) is 23.0 Å². The lowest BCUT2D eigenvalue weighted by Gasteiger charge is -2.30. The number of aryl methyl sites for hydroxylation is 1. The van der Waals surface area contributed by atoms with E-state index < -0.39 is 4.92 Å². The molecule has 1 aromatic heterocycles. The second-order valence-corrected chi connectivity index (χ2v) is 7.33. The molecule has 0 bridgehead atoms. The Morgan fingerprint density at radius 3 is 2.73 bits per heavy atom. The lowest BCUT2D eigenvalue weighted by Crippen LogP contribution is -2.40. The maximum absolute atomic E-state index is 12.4. The number of carbonyl (C=O) groups excluding carboxylic acids is 1. The molecule has 30 heavy (non-hydrogen) atoms. The third kappa shape index (κ3) is 4.97. The Balaban J connectivity index is 1.66. The molecule has 3 rings (SSSR count). The Bertz CT molecular complexity index is 944. The van der Waals surface area contributed by atoms with Crippen molar-refractivity contribution in [2.24, 2.45) is 5.92 Å². The van der Waals surface area contributed by atoms with Gasteiger partial charge in [0.15, 0.2) is 23.8 Å². The van der Waals surface area contributed by atoms with E-state index in [-0.39, 0.29) is 29.7 Å². The van der Waals surface area contributed by atoms with Gasteiger partial charge >= 0.3 is 5.69 Å². The van der Waals surface area contributed by atoms with E-state index in [1.807, 2.05) is 4.90 Å². The van der Waals surface area contributed by atoms with Gasteiger partial charge in [0.1, 0.15) is 0 Å². The number of ether oxygens (including phenoxy) is 2. The first-order valence-electron chi connectivity index (χ1n) is 9.76. The fourth-order valence-electron chi connectivity index (χ4n) is 3.28. The number of piperidine rings is 1. The van der Waals surface area contributed by atoms with Crippen molar-refractivity contribution in [2.45, 2.75) is 26.7 Å². The van der Waals surface area contributed by atoms with Crippen LogP contribution in [0.3, 0.4) is 0 Å². The van der Waals surface area contributed by atoms with Crippen LogP contribution in [-0.4, -0.2) is 47.7 Å². The summed E-state index contributed by atoms with van der Waals surface area (Å²) in [6.45, 7) is 5.18. The van der Waals surface area contributed by atoms with Gasteiger partial charge in [-0.2, -0.15) is 0 Å². The van der Waals surface area contributed by atoms with Gasteiger partial charge in [-0.25, -0.2) is 0 Å². The van der Waals surface area contributed by atoms with E-state index >= 15 is 0 Å². The summed E-state index contributed by atoms with van der Waals surface area (Å²) in [5.74, 6) is 1.59. The summed E-state index contributed by atoms with van der Waals surface area (Å²) in [5, 5.41) is 14.8. The third-order valence-corrected chi connectivity index (χ3v) is 5.14. The molecule has 1 aliphatic rings. The van der Waals surface area contributed by atoms with Gasteiger partial charge in [0.25, 0.3) is 5.91 Å². The molecule has 2 aromatic rings. The summed E-state index contributed by atoms with van der Waals surface area (Å²) in [6.07, 6.45) is 5.16. The Morgan fingerprint density at radius 1 is 1.33 bits per heavy atom. The van der Waals surface area contributed by atoms with Crippen molar-refractivity contribution >= 4 is 23.7 Å². The fourth-order valence-corrected chi connectivity index (χ4v) is 3.28. The van der Waals surface area contributed by atoms with Crippen LogP contribution in [0.2, 0.25) is 0 Å². The fraction of sp³-hybridized carbons (Fsp3) is 0.429. The number of hydrogen-bond acceptors (Lipinski definition) is 7. The van der Waals surface area contributed by atoms with E-state index in [0.29, 0.717) is 17.4 Å². The predicted molar refractivity (Wildman–Crippen MR) is 110 cm³/mol. The molecule has 9 heteroatoms. The van der Waals surface area contributed by atoms with E-state index in [4.69, 9.17) is 14.0 Å². The van der Waals surface area contributed by atoms with Crippen LogP contribution in [-0.2, 0) is 4.79 Å². The number of rotatable bonds is 7. The summed E-state index contributed by atoms with van der Waals surface area (Å²) < 4.78 is 16.1. The summed E-state index contributed by atoms with van der Waals surface area (Å²) in [5.41, 5.74) is 0.775. The van der Waals surface area contributed by atoms with Crippen LogP contribution in [0.1, 0.15) is 36.8 Å². The highest BCUT2D eigenvalue weighted by Crippen LogP contribution is 2.30. The summed E-state index contributed by atoms with van der Waals surface area (Å²) >= 11 is 0. The highest BCUT2D eigenvalue weighted by molar-refractivity contribution is 5.78. The predicted octanol–water partition coefficient (Wildman–Crippen LogP) is 3.71. The van der Waals surface area contributed by atoms with Crippen molar-refractivity contribution in [1.82, 2.24) is 10.1 Å². The van der Waals surface area contributed by atoms with Crippen molar-refractivity contribution in [1.29, 1.82) is 0 Å². The summed E-state index contributed by atoms with van der Waals surface area (Å²) in [7, 11) is 1.51. The van der Waals surface area contributed by atoms with Crippen molar-refractivity contribution in [3.63, 3.8) is 0 Å². The molecule has 0 radical (unpaired) electrons. The Labute approximate surface area is 174 Å². The molecule has 0 unspecified atom stereocenters. The Morgan fingerprint density at radius 2 is 2.07 bits per heavy atom. The molecule has 9 nitrogen and oxygen atoms in total. The largest absolute Gasteiger partial charge is 0.493 e. The lowest BCUT2D eigenvalue weighted by molar-refractivity contribution is -0.386. The first-order chi connectivity index (χ1) is 14.4. The maximum atomic E-state index is 12.4. The average molecular weight is 415 g/mol. The quantitative estimate of drug-likeness (QED) is 0.501. The van der Waals surface area contributed by atoms with Crippen LogP contribution < -0.4 is 9.47 Å². The van der Waals surface area contributed by atoms with Crippen molar-refractivity contribution in [3.8, 4) is 11.5 Å². The number of nitro groups is 1. The maximum Gasteiger partial charge on any atom is 0.338 e. The minimum Gasteiger partial charge on any atom is -0.493 e. The monoisotopic (exact) mass is 415 g/mol. The van der Waals surface area contributed by atoms with Gasteiger partial charge in [-0.1, -0.05) is 24.2 Å². The first-order valence-corrected chi connectivity index (χ1v) is 9.76. The smallest absolute Gasteiger partial charge is 0.338 e. The number of nitrogens with zero attached hydrogens (tertiary/aromatic N) is 3. The van der Waals surface area contributed by atoms with Gasteiger partial charge in [-0.05, 0) is 49.5 Å². The van der Waals surface area contributed by atoms with E-state index in [2.05, 4.69) is 12.1 Å². The van der Waals surface area contributed by atoms with Crippen LogP contribution in [0.5, 0.6) is 11.5 Å². The van der Waals surface area contributed by atoms with E-state index in [9.17, 15) is 14.9 Å². The van der Waals surface area contributed by atoms with Gasteiger partial charge in [0.05, 0.1) is 12.0 Å². The molecule has 1 saturated heterocycles. The number of benzene rings is 1. The number of amides is 1.